The molecule has 3 aromatic rings. The van der Waals surface area contributed by atoms with Crippen LogP contribution in [0.5, 0.6) is 5.75 Å². The highest BCUT2D eigenvalue weighted by Crippen LogP contribution is 2.15. The molecule has 2 aromatic carbocycles. The first-order chi connectivity index (χ1) is 13.2. The van der Waals surface area contributed by atoms with Crippen LogP contribution in [0.2, 0.25) is 0 Å². The molecule has 0 aliphatic heterocycles. The molecule has 0 unspecified atom stereocenters. The molecule has 4 N–H and O–H groups in total. The van der Waals surface area contributed by atoms with Crippen molar-refractivity contribution in [3.8, 4) is 5.75 Å². The summed E-state index contributed by atoms with van der Waals surface area (Å²) >= 11 is 1.22. The number of nitrogens with zero attached hydrogens (tertiary/aromatic N) is 3. The molecular formula is C18H18N6O2S. The molecule has 0 saturated carbocycles. The number of nitrogens with one attached hydrogen (secondary N) is 3. The molecule has 0 fully saturated rings. The summed E-state index contributed by atoms with van der Waals surface area (Å²) in [5.41, 5.74) is 4.31. The minimum atomic E-state index is -0.0965. The number of rotatable bonds is 8. The molecule has 0 aliphatic rings. The molecule has 0 radical (unpaired) electrons. The molecule has 0 atom stereocenters. The van der Waals surface area contributed by atoms with E-state index in [1.807, 2.05) is 30.3 Å². The molecule has 27 heavy (non-hydrogen) atoms. The van der Waals surface area contributed by atoms with E-state index in [9.17, 15) is 9.90 Å². The van der Waals surface area contributed by atoms with Gasteiger partial charge in [0.15, 0.2) is 0 Å². The van der Waals surface area contributed by atoms with Crippen molar-refractivity contribution in [2.45, 2.75) is 11.7 Å². The summed E-state index contributed by atoms with van der Waals surface area (Å²) in [6.07, 6.45) is 1.47. The van der Waals surface area contributed by atoms with E-state index in [-0.39, 0.29) is 17.4 Å². The molecule has 0 spiro atoms. The van der Waals surface area contributed by atoms with Gasteiger partial charge in [0.2, 0.25) is 17.0 Å². The van der Waals surface area contributed by atoms with Gasteiger partial charge in [0.05, 0.1) is 12.0 Å². The Hall–Kier alpha value is -3.33. The van der Waals surface area contributed by atoms with Crippen LogP contribution in [0.1, 0.15) is 11.1 Å². The van der Waals surface area contributed by atoms with Crippen molar-refractivity contribution in [2.75, 3.05) is 11.2 Å². The minimum Gasteiger partial charge on any atom is -0.507 e. The van der Waals surface area contributed by atoms with E-state index in [0.29, 0.717) is 23.2 Å². The lowest BCUT2D eigenvalue weighted by molar-refractivity contribution is -0.118. The van der Waals surface area contributed by atoms with Crippen molar-refractivity contribution in [2.24, 2.45) is 5.10 Å². The Morgan fingerprint density at radius 3 is 2.78 bits per heavy atom. The fourth-order valence-electron chi connectivity index (χ4n) is 2.10. The Kier molecular flexibility index (Phi) is 6.42. The average Bonchev–Trinajstić information content (AvgIpc) is 3.15. The molecule has 138 valence electrons. The van der Waals surface area contributed by atoms with Gasteiger partial charge in [-0.2, -0.15) is 10.1 Å². The largest absolute Gasteiger partial charge is 0.507 e. The number of phenols is 1. The van der Waals surface area contributed by atoms with Gasteiger partial charge in [-0.1, -0.05) is 54.2 Å². The van der Waals surface area contributed by atoms with Crippen molar-refractivity contribution in [3.63, 3.8) is 0 Å². The number of aromatic amines is 1. The lowest BCUT2D eigenvalue weighted by atomic mass is 10.2. The Morgan fingerprint density at radius 2 is 1.96 bits per heavy atom. The highest BCUT2D eigenvalue weighted by Gasteiger charge is 2.07. The number of carbonyl (C=O) groups is 1. The first kappa shape index (κ1) is 18.5. The van der Waals surface area contributed by atoms with Crippen LogP contribution in [-0.4, -0.2) is 38.2 Å². The molecule has 0 aliphatic carbocycles. The molecule has 1 aromatic heterocycles. The number of aromatic nitrogens is 3. The predicted molar refractivity (Wildman–Crippen MR) is 105 cm³/mol. The van der Waals surface area contributed by atoms with Crippen molar-refractivity contribution in [1.29, 1.82) is 0 Å². The Balaban J connectivity index is 1.42. The van der Waals surface area contributed by atoms with E-state index < -0.39 is 0 Å². The number of anilines is 1. The second-order valence-electron chi connectivity index (χ2n) is 5.45. The summed E-state index contributed by atoms with van der Waals surface area (Å²) in [6.45, 7) is 0.488. The van der Waals surface area contributed by atoms with Gasteiger partial charge >= 0.3 is 0 Å². The molecule has 3 rings (SSSR count). The quantitative estimate of drug-likeness (QED) is 0.270. The number of hydrogen-bond acceptors (Lipinski definition) is 7. The van der Waals surface area contributed by atoms with Crippen LogP contribution in [0, 0.1) is 0 Å². The second-order valence-corrected chi connectivity index (χ2v) is 6.39. The predicted octanol–water partition coefficient (Wildman–Crippen LogP) is 2.36. The third-order valence-electron chi connectivity index (χ3n) is 3.44. The fourth-order valence-corrected chi connectivity index (χ4v) is 2.73. The molecule has 0 saturated heterocycles. The van der Waals surface area contributed by atoms with Crippen molar-refractivity contribution in [3.05, 3.63) is 65.7 Å². The Bertz CT molecular complexity index is 913. The van der Waals surface area contributed by atoms with Crippen LogP contribution in [0.25, 0.3) is 0 Å². The zero-order valence-corrected chi connectivity index (χ0v) is 15.1. The summed E-state index contributed by atoms with van der Waals surface area (Å²) in [6, 6.07) is 16.5. The van der Waals surface area contributed by atoms with Gasteiger partial charge in [-0.3, -0.25) is 4.79 Å². The smallest absolute Gasteiger partial charge is 0.240 e. The van der Waals surface area contributed by atoms with Crippen LogP contribution in [-0.2, 0) is 11.3 Å². The number of carbonyl (C=O) groups excluding carboxylic acids is 1. The van der Waals surface area contributed by atoms with Crippen LogP contribution in [0.4, 0.5) is 5.95 Å². The van der Waals surface area contributed by atoms with E-state index in [1.54, 1.807) is 24.3 Å². The maximum atomic E-state index is 11.9. The van der Waals surface area contributed by atoms with E-state index in [4.69, 9.17) is 0 Å². The normalized spacial score (nSPS) is 10.8. The lowest BCUT2D eigenvalue weighted by Crippen LogP contribution is -2.24. The highest BCUT2D eigenvalue weighted by molar-refractivity contribution is 7.99. The van der Waals surface area contributed by atoms with Crippen LogP contribution >= 0.6 is 11.8 Å². The van der Waals surface area contributed by atoms with Gasteiger partial charge in [-0.05, 0) is 17.7 Å². The fraction of sp³-hybridized carbons (Fsp3) is 0.111. The first-order valence-electron chi connectivity index (χ1n) is 8.13. The number of aromatic hydroxyl groups is 1. The van der Waals surface area contributed by atoms with Gasteiger partial charge in [0.25, 0.3) is 0 Å². The van der Waals surface area contributed by atoms with Gasteiger partial charge in [0.1, 0.15) is 5.75 Å². The van der Waals surface area contributed by atoms with Crippen molar-refractivity contribution >= 4 is 29.8 Å². The summed E-state index contributed by atoms with van der Waals surface area (Å²) in [7, 11) is 0. The number of para-hydroxylation sites is 1. The lowest BCUT2D eigenvalue weighted by Gasteiger charge is -2.03. The van der Waals surface area contributed by atoms with Crippen LogP contribution in [0.15, 0.2) is 64.9 Å². The molecule has 8 nitrogen and oxygen atoms in total. The first-order valence-corrected chi connectivity index (χ1v) is 9.12. The molecule has 1 amide bonds. The third-order valence-corrected chi connectivity index (χ3v) is 4.29. The standard InChI is InChI=1S/C18H18N6O2S/c25-15-9-5-4-8-14(15)11-20-22-17-21-18(24-23-17)27-12-16(26)19-10-13-6-2-1-3-7-13/h1-9,11,25H,10,12H2,(H,19,26)(H2,21,22,23,24)/b20-11+. The monoisotopic (exact) mass is 382 g/mol. The second kappa shape index (κ2) is 9.39. The zero-order valence-electron chi connectivity index (χ0n) is 14.3. The van der Waals surface area contributed by atoms with Crippen LogP contribution in [0.3, 0.4) is 0 Å². The number of amides is 1. The summed E-state index contributed by atoms with van der Waals surface area (Å²) in [5.74, 6) is 0.596. The van der Waals surface area contributed by atoms with Gasteiger partial charge in [-0.25, -0.2) is 10.5 Å². The number of hydrogen-bond donors (Lipinski definition) is 4. The number of phenolic OH excluding ortho intramolecular Hbond substituents is 1. The maximum absolute atomic E-state index is 11.9. The highest BCUT2D eigenvalue weighted by atomic mass is 32.2. The molecule has 1 heterocycles. The van der Waals surface area contributed by atoms with Crippen molar-refractivity contribution in [1.82, 2.24) is 20.5 Å². The zero-order chi connectivity index (χ0) is 18.9. The SMILES string of the molecule is O=C(CSc1n[nH]c(N/N=C/c2ccccc2O)n1)NCc1ccccc1. The van der Waals surface area contributed by atoms with Gasteiger partial charge in [0, 0.05) is 12.1 Å². The van der Waals surface area contributed by atoms with Gasteiger partial charge in [-0.15, -0.1) is 5.10 Å². The average molecular weight is 382 g/mol. The molecule has 9 heteroatoms. The van der Waals surface area contributed by atoms with E-state index in [1.165, 1.54) is 18.0 Å². The van der Waals surface area contributed by atoms with E-state index >= 15 is 0 Å². The summed E-state index contributed by atoms with van der Waals surface area (Å²) in [4.78, 5) is 16.1. The summed E-state index contributed by atoms with van der Waals surface area (Å²) < 4.78 is 0. The van der Waals surface area contributed by atoms with E-state index in [2.05, 4.69) is 31.0 Å². The third kappa shape index (κ3) is 5.86. The van der Waals surface area contributed by atoms with Crippen molar-refractivity contribution < 1.29 is 9.90 Å². The number of benzene rings is 2. The van der Waals surface area contributed by atoms with E-state index in [0.717, 1.165) is 5.56 Å². The maximum Gasteiger partial charge on any atom is 0.240 e. The number of thioether (sulfide) groups is 1. The van der Waals surface area contributed by atoms with Gasteiger partial charge < -0.3 is 10.4 Å². The molecular weight excluding hydrogens is 364 g/mol. The summed E-state index contributed by atoms with van der Waals surface area (Å²) in [5, 5.41) is 23.6. The minimum absolute atomic E-state index is 0.0965. The number of hydrazone groups is 1. The Labute approximate surface area is 160 Å². The molecule has 0 bridgehead atoms. The van der Waals surface area contributed by atoms with Crippen LogP contribution < -0.4 is 10.7 Å². The number of H-pyrrole nitrogens is 1. The topological polar surface area (TPSA) is 115 Å². The Morgan fingerprint density at radius 1 is 1.19 bits per heavy atom.